The standard InChI is InChI=1S/3C21H40O4.C6H8O7.3K/c3*1-2-3-4-5-6-7-8-9-10-11-12-13-14-15-16-17-21(24)25-19-20(23)18-22;7-3(8)1-6(13,5(11)12)2-4(9)10;;;/h3*9-10,20,22-23H,2-8,11-19H2,1H3;13H,1-2H2,(H,7,8)(H,9,10)(H,11,12);;;/q;;;;3*+1/p-3/b3*10-9-;;;;. The summed E-state index contributed by atoms with van der Waals surface area (Å²) in [6, 6.07) is 0. The van der Waals surface area contributed by atoms with Gasteiger partial charge in [-0.2, -0.15) is 0 Å². The van der Waals surface area contributed by atoms with Crippen molar-refractivity contribution in [3.63, 3.8) is 0 Å². The largest absolute Gasteiger partial charge is 1.00 e. The van der Waals surface area contributed by atoms with Crippen LogP contribution in [0.1, 0.15) is 303 Å². The smallest absolute Gasteiger partial charge is 0.550 e. The van der Waals surface area contributed by atoms with E-state index in [4.69, 9.17) is 50.0 Å². The summed E-state index contributed by atoms with van der Waals surface area (Å²) in [4.78, 5) is 64.1. The number of rotatable bonds is 59. The Morgan fingerprint density at radius 1 is 0.341 bits per heavy atom. The van der Waals surface area contributed by atoms with Crippen LogP contribution in [-0.4, -0.2) is 135 Å². The predicted molar refractivity (Wildman–Crippen MR) is 340 cm³/mol. The molecular formula is C69H125K3O19. The Hall–Kier alpha value is 0.669. The van der Waals surface area contributed by atoms with Crippen molar-refractivity contribution in [2.75, 3.05) is 39.6 Å². The Balaban J connectivity index is -0.000000209. The summed E-state index contributed by atoms with van der Waals surface area (Å²) in [5.41, 5.74) is -2.97. The number of aliphatic carboxylic acids is 3. The van der Waals surface area contributed by atoms with Crippen molar-refractivity contribution in [1.82, 2.24) is 0 Å². The van der Waals surface area contributed by atoms with E-state index in [0.717, 1.165) is 77.0 Å². The second-order valence-electron chi connectivity index (χ2n) is 23.0. The summed E-state index contributed by atoms with van der Waals surface area (Å²) in [6.07, 6.45) is 57.6. The summed E-state index contributed by atoms with van der Waals surface area (Å²) >= 11 is 0. The van der Waals surface area contributed by atoms with Gasteiger partial charge in [0.25, 0.3) is 0 Å². The number of allylic oxidation sites excluding steroid dienone is 6. The topological polar surface area (TPSA) is 341 Å². The molecule has 0 heterocycles. The van der Waals surface area contributed by atoms with Gasteiger partial charge in [-0.3, -0.25) is 14.4 Å². The first-order chi connectivity index (χ1) is 42.4. The molecule has 0 aromatic rings. The molecule has 19 nitrogen and oxygen atoms in total. The summed E-state index contributed by atoms with van der Waals surface area (Å²) in [6.45, 7) is 5.31. The summed E-state index contributed by atoms with van der Waals surface area (Å²) in [7, 11) is 0. The molecule has 7 N–H and O–H groups in total. The maximum atomic E-state index is 11.4. The Kier molecular flexibility index (Phi) is 98.1. The van der Waals surface area contributed by atoms with Crippen molar-refractivity contribution >= 4 is 35.8 Å². The van der Waals surface area contributed by atoms with Crippen molar-refractivity contribution in [1.29, 1.82) is 0 Å². The van der Waals surface area contributed by atoms with Gasteiger partial charge in [0.15, 0.2) is 0 Å². The number of carboxylic acid groups (broad SMARTS) is 3. The van der Waals surface area contributed by atoms with Crippen LogP contribution in [0.15, 0.2) is 36.5 Å². The molecule has 0 aromatic carbocycles. The van der Waals surface area contributed by atoms with Gasteiger partial charge in [-0.1, -0.05) is 211 Å². The van der Waals surface area contributed by atoms with Gasteiger partial charge < -0.3 is 79.7 Å². The van der Waals surface area contributed by atoms with Gasteiger partial charge in [-0.25, -0.2) is 0 Å². The number of ether oxygens (including phenoxy) is 3. The minimum Gasteiger partial charge on any atom is -0.550 e. The minimum absolute atomic E-state index is 0. The van der Waals surface area contributed by atoms with E-state index in [1.807, 2.05) is 0 Å². The van der Waals surface area contributed by atoms with Gasteiger partial charge in [0, 0.05) is 44.0 Å². The van der Waals surface area contributed by atoms with E-state index in [9.17, 15) is 44.1 Å². The second-order valence-corrected chi connectivity index (χ2v) is 23.0. The summed E-state index contributed by atoms with van der Waals surface area (Å²) in [5.74, 6) is -6.85. The number of aliphatic hydroxyl groups excluding tert-OH is 6. The average molecular weight is 1380 g/mol. The summed E-state index contributed by atoms with van der Waals surface area (Å²) in [5, 5.41) is 92.0. The van der Waals surface area contributed by atoms with Crippen LogP contribution in [0.25, 0.3) is 0 Å². The zero-order valence-corrected chi connectivity index (χ0v) is 67.5. The Morgan fingerprint density at radius 2 is 0.527 bits per heavy atom. The third kappa shape index (κ3) is 90.7. The fourth-order valence-electron chi connectivity index (χ4n) is 8.65. The molecule has 0 aromatic heterocycles. The van der Waals surface area contributed by atoms with E-state index in [-0.39, 0.29) is 212 Å². The van der Waals surface area contributed by atoms with Gasteiger partial charge in [0.1, 0.15) is 43.7 Å². The third-order valence-electron chi connectivity index (χ3n) is 14.1. The molecule has 518 valence electrons. The quantitative estimate of drug-likeness (QED) is 0.0143. The molecule has 22 heteroatoms. The van der Waals surface area contributed by atoms with Gasteiger partial charge in [-0.05, 0) is 96.3 Å². The van der Waals surface area contributed by atoms with E-state index in [1.165, 1.54) is 173 Å². The van der Waals surface area contributed by atoms with E-state index >= 15 is 0 Å². The fraction of sp³-hybridized carbons (Fsp3) is 0.826. The first-order valence-corrected chi connectivity index (χ1v) is 34.0. The number of hydrogen-bond acceptors (Lipinski definition) is 19. The first kappa shape index (κ1) is 105. The molecule has 0 aliphatic heterocycles. The van der Waals surface area contributed by atoms with E-state index in [1.54, 1.807) is 0 Å². The molecule has 91 heavy (non-hydrogen) atoms. The zero-order chi connectivity index (χ0) is 66.4. The second kappa shape index (κ2) is 84.9. The van der Waals surface area contributed by atoms with Crippen molar-refractivity contribution < 1.29 is 248 Å². The molecule has 0 amide bonds. The fourth-order valence-corrected chi connectivity index (χ4v) is 8.65. The normalized spacial score (nSPS) is 11.9. The van der Waals surface area contributed by atoms with Crippen molar-refractivity contribution in [3.05, 3.63) is 36.5 Å². The molecule has 3 atom stereocenters. The minimum atomic E-state index is -2.97. The zero-order valence-electron chi connectivity index (χ0n) is 58.1. The Morgan fingerprint density at radius 3 is 0.703 bits per heavy atom. The number of esters is 3. The third-order valence-corrected chi connectivity index (χ3v) is 14.1. The van der Waals surface area contributed by atoms with Crippen LogP contribution in [0.2, 0.25) is 0 Å². The van der Waals surface area contributed by atoms with Crippen LogP contribution in [0.5, 0.6) is 0 Å². The van der Waals surface area contributed by atoms with Crippen LogP contribution in [0.3, 0.4) is 0 Å². The number of carbonyl (C=O) groups is 6. The maximum Gasteiger partial charge on any atom is 1.00 e. The van der Waals surface area contributed by atoms with E-state index in [0.29, 0.717) is 19.3 Å². The number of unbranched alkanes of at least 4 members (excludes halogenated alkanes) is 33. The molecule has 0 spiro atoms. The molecule has 0 saturated carbocycles. The molecule has 0 bridgehead atoms. The molecule has 0 aliphatic carbocycles. The molecule has 0 fully saturated rings. The molecule has 0 rings (SSSR count). The monoisotopic (exact) mass is 1370 g/mol. The summed E-state index contributed by atoms with van der Waals surface area (Å²) < 4.78 is 14.6. The Bertz CT molecular complexity index is 1520. The van der Waals surface area contributed by atoms with Crippen LogP contribution in [-0.2, 0) is 43.0 Å². The predicted octanol–water partition coefficient (Wildman–Crippen LogP) is 0.520. The maximum absolute atomic E-state index is 11.4. The number of hydrogen-bond donors (Lipinski definition) is 7. The van der Waals surface area contributed by atoms with Crippen LogP contribution in [0.4, 0.5) is 0 Å². The van der Waals surface area contributed by atoms with E-state index < -0.39 is 54.7 Å². The van der Waals surface area contributed by atoms with Gasteiger partial charge in [-0.15, -0.1) is 0 Å². The van der Waals surface area contributed by atoms with Gasteiger partial charge >= 0.3 is 172 Å². The Labute approximate surface area is 678 Å². The first-order valence-electron chi connectivity index (χ1n) is 34.0. The van der Waals surface area contributed by atoms with Crippen LogP contribution < -0.4 is 169 Å². The van der Waals surface area contributed by atoms with Crippen molar-refractivity contribution in [3.8, 4) is 0 Å². The van der Waals surface area contributed by atoms with Crippen LogP contribution >= 0.6 is 0 Å². The van der Waals surface area contributed by atoms with Gasteiger partial charge in [0.05, 0.1) is 25.8 Å². The number of aliphatic hydroxyl groups is 7. The SMILES string of the molecule is CCCCCCCC/C=C\CCCCCCCC(=O)OCC(O)CO.CCCCCCCC/C=C\CCCCCCCC(=O)OCC(O)CO.CCCCCCCC/C=C\CCCCCCCC(=O)OCC(O)CO.O=C([O-])CC(O)(CC(=O)[O-])C(=O)[O-].[K+].[K+].[K+]. The van der Waals surface area contributed by atoms with Crippen LogP contribution in [0, 0.1) is 0 Å². The molecule has 3 unspecified atom stereocenters. The van der Waals surface area contributed by atoms with Crippen molar-refractivity contribution in [2.24, 2.45) is 0 Å². The molecule has 0 radical (unpaired) electrons. The molecular weight excluding hydrogens is 1250 g/mol. The molecule has 0 saturated heterocycles. The van der Waals surface area contributed by atoms with E-state index in [2.05, 4.69) is 57.2 Å². The number of carbonyl (C=O) groups excluding carboxylic acids is 6. The van der Waals surface area contributed by atoms with Crippen molar-refractivity contribution in [2.45, 2.75) is 327 Å². The molecule has 0 aliphatic rings. The number of carboxylic acids is 3. The van der Waals surface area contributed by atoms with Gasteiger partial charge in [0.2, 0.25) is 0 Å². The average Bonchev–Trinajstić information content (AvgIpc) is 2.54.